The van der Waals surface area contributed by atoms with E-state index in [-0.39, 0.29) is 5.91 Å². The second-order valence-electron chi connectivity index (χ2n) is 4.78. The van der Waals surface area contributed by atoms with Crippen LogP contribution in [0, 0.1) is 0 Å². The summed E-state index contributed by atoms with van der Waals surface area (Å²) in [7, 11) is 0. The highest BCUT2D eigenvalue weighted by molar-refractivity contribution is 5.73. The number of aromatic nitrogens is 1. The molecule has 2 heterocycles. The molecule has 1 aliphatic rings. The molecule has 1 aliphatic heterocycles. The van der Waals surface area contributed by atoms with Crippen LogP contribution in [0.3, 0.4) is 0 Å². The SMILES string of the molecule is CC(=O)NC1CCN(Cc2ccnc(CN)c2)C1. The molecule has 1 unspecified atom stereocenters. The van der Waals surface area contributed by atoms with Crippen LogP contribution >= 0.6 is 0 Å². The highest BCUT2D eigenvalue weighted by atomic mass is 16.1. The zero-order valence-corrected chi connectivity index (χ0v) is 10.7. The standard InChI is InChI=1S/C13H20N4O/c1-10(18)16-12-3-5-17(9-12)8-11-2-4-15-13(6-11)7-14/h2,4,6,12H,3,5,7-9,14H2,1H3,(H,16,18). The third kappa shape index (κ3) is 3.51. The summed E-state index contributed by atoms with van der Waals surface area (Å²) in [4.78, 5) is 17.5. The Morgan fingerprint density at radius 1 is 1.67 bits per heavy atom. The minimum atomic E-state index is 0.0520. The Hall–Kier alpha value is -1.46. The van der Waals surface area contributed by atoms with E-state index in [1.54, 1.807) is 13.1 Å². The van der Waals surface area contributed by atoms with Gasteiger partial charge in [-0.05, 0) is 24.1 Å². The lowest BCUT2D eigenvalue weighted by atomic mass is 10.2. The second-order valence-corrected chi connectivity index (χ2v) is 4.78. The van der Waals surface area contributed by atoms with Gasteiger partial charge in [-0.15, -0.1) is 0 Å². The number of likely N-dealkylation sites (tertiary alicyclic amines) is 1. The molecule has 0 aliphatic carbocycles. The summed E-state index contributed by atoms with van der Waals surface area (Å²) in [5.41, 5.74) is 7.73. The van der Waals surface area contributed by atoms with Gasteiger partial charge < -0.3 is 11.1 Å². The lowest BCUT2D eigenvalue weighted by molar-refractivity contribution is -0.119. The van der Waals surface area contributed by atoms with Crippen molar-refractivity contribution < 1.29 is 4.79 Å². The number of carbonyl (C=O) groups is 1. The van der Waals surface area contributed by atoms with E-state index in [1.807, 2.05) is 12.1 Å². The number of nitrogens with one attached hydrogen (secondary N) is 1. The third-order valence-corrected chi connectivity index (χ3v) is 3.18. The molecule has 1 aromatic rings. The van der Waals surface area contributed by atoms with E-state index in [4.69, 9.17) is 5.73 Å². The van der Waals surface area contributed by atoms with Gasteiger partial charge in [0.05, 0.1) is 5.69 Å². The molecule has 1 aromatic heterocycles. The third-order valence-electron chi connectivity index (χ3n) is 3.18. The van der Waals surface area contributed by atoms with Gasteiger partial charge >= 0.3 is 0 Å². The lowest BCUT2D eigenvalue weighted by Gasteiger charge is -2.16. The molecule has 0 radical (unpaired) electrons. The van der Waals surface area contributed by atoms with Crippen LogP contribution in [-0.4, -0.2) is 34.9 Å². The maximum absolute atomic E-state index is 11.0. The Morgan fingerprint density at radius 3 is 3.22 bits per heavy atom. The first-order chi connectivity index (χ1) is 8.67. The molecular weight excluding hydrogens is 228 g/mol. The number of hydrogen-bond acceptors (Lipinski definition) is 4. The normalized spacial score (nSPS) is 20.0. The second kappa shape index (κ2) is 5.93. The van der Waals surface area contributed by atoms with E-state index in [9.17, 15) is 4.79 Å². The van der Waals surface area contributed by atoms with E-state index in [1.165, 1.54) is 5.56 Å². The summed E-state index contributed by atoms with van der Waals surface area (Å²) in [6, 6.07) is 4.36. The van der Waals surface area contributed by atoms with Gasteiger partial charge in [0.15, 0.2) is 0 Å². The Balaban J connectivity index is 1.88. The number of nitrogens with two attached hydrogens (primary N) is 1. The molecule has 3 N–H and O–H groups in total. The molecule has 0 bridgehead atoms. The van der Waals surface area contributed by atoms with Crippen molar-refractivity contribution in [1.29, 1.82) is 0 Å². The summed E-state index contributed by atoms with van der Waals surface area (Å²) in [5.74, 6) is 0.0520. The maximum Gasteiger partial charge on any atom is 0.217 e. The minimum absolute atomic E-state index is 0.0520. The molecule has 98 valence electrons. The predicted molar refractivity (Wildman–Crippen MR) is 69.6 cm³/mol. The first-order valence-electron chi connectivity index (χ1n) is 6.30. The number of nitrogens with zero attached hydrogens (tertiary/aromatic N) is 2. The summed E-state index contributed by atoms with van der Waals surface area (Å²) in [6.45, 7) is 4.87. The van der Waals surface area contributed by atoms with E-state index in [0.29, 0.717) is 12.6 Å². The van der Waals surface area contributed by atoms with E-state index >= 15 is 0 Å². The molecule has 5 nitrogen and oxygen atoms in total. The van der Waals surface area contributed by atoms with Gasteiger partial charge in [0.25, 0.3) is 0 Å². The topological polar surface area (TPSA) is 71.2 Å². The van der Waals surface area contributed by atoms with Crippen LogP contribution in [0.4, 0.5) is 0 Å². The minimum Gasteiger partial charge on any atom is -0.352 e. The van der Waals surface area contributed by atoms with Crippen LogP contribution in [0.1, 0.15) is 24.6 Å². The van der Waals surface area contributed by atoms with Crippen LogP contribution in [0.2, 0.25) is 0 Å². The fourth-order valence-electron chi connectivity index (χ4n) is 2.38. The summed E-state index contributed by atoms with van der Waals surface area (Å²) in [5, 5.41) is 2.97. The Bertz CT molecular complexity index is 421. The predicted octanol–water partition coefficient (Wildman–Crippen LogP) is 0.251. The fourth-order valence-corrected chi connectivity index (χ4v) is 2.38. The highest BCUT2D eigenvalue weighted by Gasteiger charge is 2.22. The Labute approximate surface area is 107 Å². The van der Waals surface area contributed by atoms with Gasteiger partial charge in [-0.2, -0.15) is 0 Å². The smallest absolute Gasteiger partial charge is 0.217 e. The van der Waals surface area contributed by atoms with Crippen LogP contribution < -0.4 is 11.1 Å². The van der Waals surface area contributed by atoms with Crippen molar-refractivity contribution in [2.75, 3.05) is 13.1 Å². The molecule has 0 aromatic carbocycles. The van der Waals surface area contributed by atoms with Gasteiger partial charge in [-0.3, -0.25) is 14.7 Å². The highest BCUT2D eigenvalue weighted by Crippen LogP contribution is 2.13. The van der Waals surface area contributed by atoms with E-state index < -0.39 is 0 Å². The summed E-state index contributed by atoms with van der Waals surface area (Å²) in [6.07, 6.45) is 2.83. The largest absolute Gasteiger partial charge is 0.352 e. The molecular formula is C13H20N4O. The maximum atomic E-state index is 11.0. The molecule has 1 saturated heterocycles. The molecule has 0 spiro atoms. The number of carbonyl (C=O) groups excluding carboxylic acids is 1. The van der Waals surface area contributed by atoms with Crippen molar-refractivity contribution in [3.63, 3.8) is 0 Å². The van der Waals surface area contributed by atoms with Crippen molar-refractivity contribution in [3.05, 3.63) is 29.6 Å². The van der Waals surface area contributed by atoms with Gasteiger partial charge in [-0.1, -0.05) is 0 Å². The molecule has 1 fully saturated rings. The first kappa shape index (κ1) is 13.0. The van der Waals surface area contributed by atoms with Crippen LogP contribution in [0.5, 0.6) is 0 Å². The Kier molecular flexibility index (Phi) is 4.28. The molecule has 1 amide bonds. The van der Waals surface area contributed by atoms with E-state index in [2.05, 4.69) is 15.2 Å². The zero-order valence-electron chi connectivity index (χ0n) is 10.7. The molecule has 18 heavy (non-hydrogen) atoms. The van der Waals surface area contributed by atoms with Crippen molar-refractivity contribution in [2.24, 2.45) is 5.73 Å². The van der Waals surface area contributed by atoms with E-state index in [0.717, 1.165) is 31.7 Å². The summed E-state index contributed by atoms with van der Waals surface area (Å²) >= 11 is 0. The quantitative estimate of drug-likeness (QED) is 0.801. The molecule has 1 atom stereocenters. The van der Waals surface area contributed by atoms with Gasteiger partial charge in [0.2, 0.25) is 5.91 Å². The number of amides is 1. The van der Waals surface area contributed by atoms with Crippen molar-refractivity contribution in [2.45, 2.75) is 32.5 Å². The van der Waals surface area contributed by atoms with Crippen molar-refractivity contribution >= 4 is 5.91 Å². The van der Waals surface area contributed by atoms with Crippen LogP contribution in [0.15, 0.2) is 18.3 Å². The van der Waals surface area contributed by atoms with Gasteiger partial charge in [0, 0.05) is 45.3 Å². The number of hydrogen-bond donors (Lipinski definition) is 2. The Morgan fingerprint density at radius 2 is 2.50 bits per heavy atom. The molecule has 5 heteroatoms. The van der Waals surface area contributed by atoms with Gasteiger partial charge in [-0.25, -0.2) is 0 Å². The van der Waals surface area contributed by atoms with Crippen molar-refractivity contribution in [1.82, 2.24) is 15.2 Å². The van der Waals surface area contributed by atoms with Crippen molar-refractivity contribution in [3.8, 4) is 0 Å². The molecule has 0 saturated carbocycles. The summed E-state index contributed by atoms with van der Waals surface area (Å²) < 4.78 is 0. The number of rotatable bonds is 4. The number of pyridine rings is 1. The molecule has 2 rings (SSSR count). The average molecular weight is 248 g/mol. The van der Waals surface area contributed by atoms with Crippen LogP contribution in [0.25, 0.3) is 0 Å². The fraction of sp³-hybridized carbons (Fsp3) is 0.538. The monoisotopic (exact) mass is 248 g/mol. The van der Waals surface area contributed by atoms with Crippen LogP contribution in [-0.2, 0) is 17.9 Å². The first-order valence-corrected chi connectivity index (χ1v) is 6.30. The zero-order chi connectivity index (χ0) is 13.0. The average Bonchev–Trinajstić information content (AvgIpc) is 2.76. The lowest BCUT2D eigenvalue weighted by Crippen LogP contribution is -2.35. The van der Waals surface area contributed by atoms with Gasteiger partial charge in [0.1, 0.15) is 0 Å².